The number of nitrogens with zero attached hydrogens (tertiary/aromatic N) is 2. The van der Waals surface area contributed by atoms with Crippen LogP contribution in [0, 0.1) is 5.82 Å². The van der Waals surface area contributed by atoms with Crippen LogP contribution in [0.2, 0.25) is 5.02 Å². The van der Waals surface area contributed by atoms with Crippen molar-refractivity contribution in [3.63, 3.8) is 0 Å². The van der Waals surface area contributed by atoms with Gasteiger partial charge >= 0.3 is 0 Å². The number of anilines is 1. The van der Waals surface area contributed by atoms with E-state index in [0.29, 0.717) is 28.8 Å². The quantitative estimate of drug-likeness (QED) is 0.227. The molecule has 4 aromatic rings. The zero-order valence-corrected chi connectivity index (χ0v) is 21.6. The van der Waals surface area contributed by atoms with Crippen molar-refractivity contribution in [2.75, 3.05) is 12.4 Å². The molecule has 1 N–H and O–H groups in total. The average molecular weight is 571 g/mol. The third-order valence-electron chi connectivity index (χ3n) is 5.17. The molecule has 0 aliphatic heterocycles. The zero-order valence-electron chi connectivity index (χ0n) is 19.3. The smallest absolute Gasteiger partial charge is 0.248 e. The Balaban J connectivity index is 1.37. The molecule has 0 atom stereocenters. The highest BCUT2D eigenvalue weighted by Gasteiger charge is 2.08. The molecule has 0 aliphatic rings. The number of halogens is 3. The fourth-order valence-corrected chi connectivity index (χ4v) is 4.21. The molecule has 0 spiro atoms. The van der Waals surface area contributed by atoms with Crippen LogP contribution in [0.1, 0.15) is 16.7 Å². The van der Waals surface area contributed by atoms with Gasteiger partial charge in [0.2, 0.25) is 5.91 Å². The number of hydrogen-bond donors (Lipinski definition) is 1. The van der Waals surface area contributed by atoms with Gasteiger partial charge in [0.05, 0.1) is 30.0 Å². The average Bonchev–Trinajstić information content (AvgIpc) is 3.30. The molecule has 4 rings (SSSR count). The Kier molecular flexibility index (Phi) is 8.40. The van der Waals surface area contributed by atoms with Crippen LogP contribution in [0.15, 0.2) is 83.6 Å². The predicted molar refractivity (Wildman–Crippen MR) is 142 cm³/mol. The lowest BCUT2D eigenvalue weighted by atomic mass is 10.1. The summed E-state index contributed by atoms with van der Waals surface area (Å²) >= 11 is 9.43. The third-order valence-corrected chi connectivity index (χ3v) is 6.02. The highest BCUT2D eigenvalue weighted by atomic mass is 79.9. The second-order valence-corrected chi connectivity index (χ2v) is 9.10. The van der Waals surface area contributed by atoms with Gasteiger partial charge in [-0.1, -0.05) is 29.8 Å². The van der Waals surface area contributed by atoms with E-state index in [9.17, 15) is 9.18 Å². The van der Waals surface area contributed by atoms with Crippen molar-refractivity contribution in [1.29, 1.82) is 0 Å². The number of amides is 1. The Morgan fingerprint density at radius 3 is 2.67 bits per heavy atom. The van der Waals surface area contributed by atoms with Gasteiger partial charge in [-0.05, 0) is 75.6 Å². The van der Waals surface area contributed by atoms with Gasteiger partial charge in [-0.3, -0.25) is 9.48 Å². The van der Waals surface area contributed by atoms with E-state index in [1.165, 1.54) is 18.2 Å². The zero-order chi connectivity index (χ0) is 25.5. The molecule has 0 saturated carbocycles. The van der Waals surface area contributed by atoms with Crippen LogP contribution in [0.4, 0.5) is 10.1 Å². The van der Waals surface area contributed by atoms with Crippen molar-refractivity contribution in [3.05, 3.63) is 111 Å². The van der Waals surface area contributed by atoms with Crippen molar-refractivity contribution >= 4 is 45.2 Å². The number of nitrogens with one attached hydrogen (secondary N) is 1. The van der Waals surface area contributed by atoms with Crippen molar-refractivity contribution in [1.82, 2.24) is 9.78 Å². The van der Waals surface area contributed by atoms with E-state index in [0.717, 1.165) is 21.2 Å². The molecule has 0 unspecified atom stereocenters. The first-order chi connectivity index (χ1) is 17.4. The first-order valence-electron chi connectivity index (χ1n) is 10.9. The number of benzene rings is 3. The summed E-state index contributed by atoms with van der Waals surface area (Å²) in [5.41, 5.74) is 3.10. The second-order valence-electron chi connectivity index (χ2n) is 7.81. The Labute approximate surface area is 221 Å². The first-order valence-corrected chi connectivity index (χ1v) is 12.1. The number of rotatable bonds is 9. The highest BCUT2D eigenvalue weighted by molar-refractivity contribution is 9.10. The van der Waals surface area contributed by atoms with Crippen LogP contribution in [-0.2, 0) is 17.9 Å². The van der Waals surface area contributed by atoms with Crippen LogP contribution in [0.5, 0.6) is 11.5 Å². The molecular formula is C27H22BrClFN3O3. The summed E-state index contributed by atoms with van der Waals surface area (Å²) in [4.78, 5) is 12.4. The Morgan fingerprint density at radius 2 is 1.92 bits per heavy atom. The molecule has 36 heavy (non-hydrogen) atoms. The van der Waals surface area contributed by atoms with Gasteiger partial charge in [0.25, 0.3) is 0 Å². The number of aromatic nitrogens is 2. The summed E-state index contributed by atoms with van der Waals surface area (Å²) in [6, 6.07) is 17.1. The fraction of sp³-hybridized carbons (Fsp3) is 0.111. The van der Waals surface area contributed by atoms with Crippen molar-refractivity contribution < 1.29 is 18.7 Å². The molecule has 0 saturated heterocycles. The van der Waals surface area contributed by atoms with Crippen LogP contribution >= 0.6 is 27.5 Å². The topological polar surface area (TPSA) is 65.4 Å². The Morgan fingerprint density at radius 1 is 1.14 bits per heavy atom. The largest absolute Gasteiger partial charge is 0.496 e. The van der Waals surface area contributed by atoms with Crippen LogP contribution in [0.3, 0.4) is 0 Å². The van der Waals surface area contributed by atoms with E-state index in [2.05, 4.69) is 26.3 Å². The maximum atomic E-state index is 13.1. The van der Waals surface area contributed by atoms with Crippen LogP contribution < -0.4 is 14.8 Å². The molecule has 0 fully saturated rings. The minimum absolute atomic E-state index is 0.268. The van der Waals surface area contributed by atoms with E-state index in [1.54, 1.807) is 60.6 Å². The molecule has 0 radical (unpaired) electrons. The molecule has 0 bridgehead atoms. The molecule has 6 nitrogen and oxygen atoms in total. The first kappa shape index (κ1) is 25.5. The monoisotopic (exact) mass is 569 g/mol. The summed E-state index contributed by atoms with van der Waals surface area (Å²) < 4.78 is 26.9. The summed E-state index contributed by atoms with van der Waals surface area (Å²) in [6.45, 7) is 0.736. The normalized spacial score (nSPS) is 11.0. The van der Waals surface area contributed by atoms with Gasteiger partial charge in [-0.2, -0.15) is 5.10 Å². The van der Waals surface area contributed by atoms with Gasteiger partial charge in [0, 0.05) is 22.9 Å². The lowest BCUT2D eigenvalue weighted by Crippen LogP contribution is -2.07. The molecule has 1 aromatic heterocycles. The third kappa shape index (κ3) is 6.96. The van der Waals surface area contributed by atoms with Crippen LogP contribution in [0.25, 0.3) is 6.08 Å². The molecule has 3 aromatic carbocycles. The van der Waals surface area contributed by atoms with Crippen molar-refractivity contribution in [2.45, 2.75) is 13.2 Å². The SMILES string of the molecule is COc1ccc(C=CC(=O)Nc2cnn(Cc3ccc(F)cc3)c2)cc1COc1ccc(Cl)cc1Br. The van der Waals surface area contributed by atoms with E-state index >= 15 is 0 Å². The molecular weight excluding hydrogens is 549 g/mol. The highest BCUT2D eigenvalue weighted by Crippen LogP contribution is 2.30. The molecule has 1 amide bonds. The van der Waals surface area contributed by atoms with Gasteiger partial charge < -0.3 is 14.8 Å². The second kappa shape index (κ2) is 11.9. The van der Waals surface area contributed by atoms with E-state index in [-0.39, 0.29) is 18.3 Å². The molecule has 0 aliphatic carbocycles. The van der Waals surface area contributed by atoms with Gasteiger partial charge in [0.1, 0.15) is 23.9 Å². The minimum atomic E-state index is -0.296. The number of carbonyl (C=O) groups is 1. The number of methoxy groups -OCH3 is 1. The summed E-state index contributed by atoms with van der Waals surface area (Å²) in [5.74, 6) is 0.747. The van der Waals surface area contributed by atoms with Crippen LogP contribution in [-0.4, -0.2) is 22.8 Å². The summed E-state index contributed by atoms with van der Waals surface area (Å²) in [5, 5.41) is 7.63. The van der Waals surface area contributed by atoms with Gasteiger partial charge in [-0.15, -0.1) is 0 Å². The predicted octanol–water partition coefficient (Wildman–Crippen LogP) is 6.73. The molecule has 184 valence electrons. The number of carbonyl (C=O) groups excluding carboxylic acids is 1. The Hall–Kier alpha value is -3.62. The number of ether oxygens (including phenoxy) is 2. The molecule has 1 heterocycles. The van der Waals surface area contributed by atoms with Gasteiger partial charge in [-0.25, -0.2) is 4.39 Å². The minimum Gasteiger partial charge on any atom is -0.496 e. The lowest BCUT2D eigenvalue weighted by Gasteiger charge is -2.12. The van der Waals surface area contributed by atoms with Crippen molar-refractivity contribution in [3.8, 4) is 11.5 Å². The lowest BCUT2D eigenvalue weighted by molar-refractivity contribution is -0.111. The maximum Gasteiger partial charge on any atom is 0.248 e. The van der Waals surface area contributed by atoms with E-state index in [4.69, 9.17) is 21.1 Å². The Bertz CT molecular complexity index is 1390. The van der Waals surface area contributed by atoms with Crippen molar-refractivity contribution in [2.24, 2.45) is 0 Å². The van der Waals surface area contributed by atoms with E-state index < -0.39 is 0 Å². The maximum absolute atomic E-state index is 13.1. The standard InChI is InChI=1S/C27H22BrClFN3O3/c1-35-25-9-4-18(12-20(25)17-36-26-10-6-21(29)13-24(26)28)5-11-27(34)32-23-14-31-33(16-23)15-19-2-7-22(30)8-3-19/h2-14,16H,15,17H2,1H3,(H,32,34). The van der Waals surface area contributed by atoms with Gasteiger partial charge in [0.15, 0.2) is 0 Å². The number of hydrogen-bond acceptors (Lipinski definition) is 4. The van der Waals surface area contributed by atoms with E-state index in [1.807, 2.05) is 18.2 Å². The molecule has 9 heteroatoms. The summed E-state index contributed by atoms with van der Waals surface area (Å²) in [7, 11) is 1.59. The fourth-order valence-electron chi connectivity index (χ4n) is 3.41. The summed E-state index contributed by atoms with van der Waals surface area (Å²) in [6.07, 6.45) is 6.43.